The van der Waals surface area contributed by atoms with Gasteiger partial charge < -0.3 is 4.74 Å². The van der Waals surface area contributed by atoms with Gasteiger partial charge in [0, 0.05) is 10.9 Å². The minimum Gasteiger partial charge on any atom is -0.450 e. The number of aryl methyl sites for hydroxylation is 2. The fourth-order valence-electron chi connectivity index (χ4n) is 3.64. The topological polar surface area (TPSA) is 36.9 Å². The van der Waals surface area contributed by atoms with Gasteiger partial charge in [-0.25, -0.2) is 0 Å². The van der Waals surface area contributed by atoms with E-state index in [0.717, 1.165) is 22.8 Å². The predicted octanol–water partition coefficient (Wildman–Crippen LogP) is 4.86. The molecule has 0 bridgehead atoms. The molecule has 124 valence electrons. The molecule has 0 fully saturated rings. The van der Waals surface area contributed by atoms with Gasteiger partial charge in [0.05, 0.1) is 17.0 Å². The van der Waals surface area contributed by atoms with Gasteiger partial charge >= 0.3 is 0 Å². The van der Waals surface area contributed by atoms with Crippen LogP contribution in [0.4, 0.5) is 0 Å². The lowest BCUT2D eigenvalue weighted by atomic mass is 9.85. The summed E-state index contributed by atoms with van der Waals surface area (Å²) in [6.45, 7) is 8.19. The van der Waals surface area contributed by atoms with Crippen LogP contribution in [-0.2, 0) is 12.5 Å². The Kier molecular flexibility index (Phi) is 3.17. The van der Waals surface area contributed by atoms with E-state index in [9.17, 15) is 5.26 Å². The highest BCUT2D eigenvalue weighted by atomic mass is 16.5. The Morgan fingerprint density at radius 1 is 1.12 bits per heavy atom. The molecule has 3 aromatic rings. The molecule has 0 aliphatic carbocycles. The molecule has 1 aliphatic heterocycles. The summed E-state index contributed by atoms with van der Waals surface area (Å²) >= 11 is 0. The zero-order valence-corrected chi connectivity index (χ0v) is 15.3. The number of hydrogen-bond acceptors (Lipinski definition) is 2. The van der Waals surface area contributed by atoms with Crippen molar-refractivity contribution in [3.8, 4) is 28.8 Å². The Morgan fingerprint density at radius 3 is 2.60 bits per heavy atom. The van der Waals surface area contributed by atoms with E-state index in [1.54, 1.807) is 0 Å². The van der Waals surface area contributed by atoms with Crippen LogP contribution in [0.1, 0.15) is 30.5 Å². The van der Waals surface area contributed by atoms with Crippen molar-refractivity contribution in [2.75, 3.05) is 0 Å². The monoisotopic (exact) mass is 329 g/mol. The second-order valence-electron chi connectivity index (χ2n) is 7.44. The fourth-order valence-corrected chi connectivity index (χ4v) is 3.64. The Labute approximate surface area is 148 Å². The first-order valence-electron chi connectivity index (χ1n) is 8.50. The Bertz CT molecular complexity index is 1090. The van der Waals surface area contributed by atoms with Gasteiger partial charge in [0.2, 0.25) is 0 Å². The van der Waals surface area contributed by atoms with Gasteiger partial charge in [0.1, 0.15) is 12.8 Å². The maximum atomic E-state index is 9.50. The first-order chi connectivity index (χ1) is 11.8. The highest BCUT2D eigenvalue weighted by Crippen LogP contribution is 2.47. The molecule has 3 nitrogen and oxygen atoms in total. The molecule has 0 N–H and O–H groups in total. The Balaban J connectivity index is 2.12. The van der Waals surface area contributed by atoms with Gasteiger partial charge in [0.25, 0.3) is 5.69 Å². The van der Waals surface area contributed by atoms with E-state index < -0.39 is 5.41 Å². The van der Waals surface area contributed by atoms with E-state index in [1.165, 1.54) is 27.5 Å². The summed E-state index contributed by atoms with van der Waals surface area (Å²) in [7, 11) is 2.03. The molecular formula is C22H21N2O+. The third kappa shape index (κ3) is 2.14. The number of nitriles is 1. The number of fused-ring (bicyclic) bond motifs is 2. The molecule has 0 unspecified atom stereocenters. The van der Waals surface area contributed by atoms with Crippen LogP contribution in [0.5, 0.6) is 11.5 Å². The Morgan fingerprint density at radius 2 is 1.88 bits per heavy atom. The van der Waals surface area contributed by atoms with E-state index in [-0.39, 0.29) is 0 Å². The van der Waals surface area contributed by atoms with Gasteiger partial charge in [-0.1, -0.05) is 18.2 Å². The van der Waals surface area contributed by atoms with Crippen molar-refractivity contribution in [3.63, 3.8) is 0 Å². The molecule has 25 heavy (non-hydrogen) atoms. The molecule has 0 amide bonds. The molecule has 3 heteroatoms. The van der Waals surface area contributed by atoms with Gasteiger partial charge in [-0.2, -0.15) is 9.83 Å². The number of aromatic nitrogens is 1. The standard InChI is InChI=1S/C22H21N2O/c1-13-9-15-7-6-8-17-20(15)19(14(13)2)21-18(25-17)10-16(11-24(21)5)22(3,4)12-23/h6-11H,1-5H3/q+1. The van der Waals surface area contributed by atoms with Crippen LogP contribution in [-0.4, -0.2) is 0 Å². The first kappa shape index (κ1) is 15.7. The van der Waals surface area contributed by atoms with E-state index in [1.807, 2.05) is 45.3 Å². The molecule has 0 saturated carbocycles. The molecular weight excluding hydrogens is 308 g/mol. The lowest BCUT2D eigenvalue weighted by Gasteiger charge is -2.23. The smallest absolute Gasteiger partial charge is 0.256 e. The zero-order valence-electron chi connectivity index (χ0n) is 15.3. The summed E-state index contributed by atoms with van der Waals surface area (Å²) in [5, 5.41) is 11.9. The van der Waals surface area contributed by atoms with Crippen molar-refractivity contribution in [3.05, 3.63) is 53.2 Å². The van der Waals surface area contributed by atoms with Crippen molar-refractivity contribution < 1.29 is 9.30 Å². The minimum absolute atomic E-state index is 0.565. The van der Waals surface area contributed by atoms with Crippen LogP contribution in [0.3, 0.4) is 0 Å². The summed E-state index contributed by atoms with van der Waals surface area (Å²) in [5.74, 6) is 1.70. The summed E-state index contributed by atoms with van der Waals surface area (Å²) in [6.07, 6.45) is 2.05. The van der Waals surface area contributed by atoms with Crippen molar-refractivity contribution in [1.82, 2.24) is 0 Å². The van der Waals surface area contributed by atoms with Gasteiger partial charge in [0.15, 0.2) is 11.9 Å². The Hall–Kier alpha value is -2.86. The largest absolute Gasteiger partial charge is 0.450 e. The maximum Gasteiger partial charge on any atom is 0.256 e. The van der Waals surface area contributed by atoms with Crippen LogP contribution in [0.15, 0.2) is 36.5 Å². The second-order valence-corrected chi connectivity index (χ2v) is 7.44. The average Bonchev–Trinajstić information content (AvgIpc) is 2.58. The number of nitrogens with zero attached hydrogens (tertiary/aromatic N) is 2. The summed E-state index contributed by atoms with van der Waals surface area (Å²) < 4.78 is 8.37. The van der Waals surface area contributed by atoms with E-state index >= 15 is 0 Å². The van der Waals surface area contributed by atoms with Crippen molar-refractivity contribution in [1.29, 1.82) is 5.26 Å². The van der Waals surface area contributed by atoms with Crippen LogP contribution >= 0.6 is 0 Å². The van der Waals surface area contributed by atoms with E-state index in [0.29, 0.717) is 0 Å². The molecule has 0 spiro atoms. The van der Waals surface area contributed by atoms with Crippen molar-refractivity contribution >= 4 is 10.8 Å². The third-order valence-corrected chi connectivity index (χ3v) is 5.31. The van der Waals surface area contributed by atoms with Crippen LogP contribution in [0, 0.1) is 25.2 Å². The lowest BCUT2D eigenvalue weighted by molar-refractivity contribution is -0.661. The third-order valence-electron chi connectivity index (χ3n) is 5.31. The SMILES string of the molecule is Cc1cc2cccc3c2c(c1C)-c1c(cc(C(C)(C)C#N)c[n+]1C)O3. The maximum absolute atomic E-state index is 9.50. The molecule has 1 aromatic heterocycles. The predicted molar refractivity (Wildman–Crippen MR) is 98.7 cm³/mol. The minimum atomic E-state index is -0.565. The van der Waals surface area contributed by atoms with Crippen molar-refractivity contribution in [2.24, 2.45) is 7.05 Å². The zero-order chi connectivity index (χ0) is 17.9. The van der Waals surface area contributed by atoms with E-state index in [4.69, 9.17) is 4.74 Å². The van der Waals surface area contributed by atoms with Gasteiger partial charge in [-0.3, -0.25) is 0 Å². The summed E-state index contributed by atoms with van der Waals surface area (Å²) in [5.41, 5.74) is 5.24. The molecule has 4 rings (SSSR count). The molecule has 0 atom stereocenters. The van der Waals surface area contributed by atoms with Gasteiger partial charge in [-0.05, 0) is 56.3 Å². The van der Waals surface area contributed by atoms with Gasteiger partial charge in [-0.15, -0.1) is 0 Å². The van der Waals surface area contributed by atoms with Crippen LogP contribution < -0.4 is 9.30 Å². The summed E-state index contributed by atoms with van der Waals surface area (Å²) in [6, 6.07) is 12.8. The fraction of sp³-hybridized carbons (Fsp3) is 0.273. The molecule has 1 aliphatic rings. The number of rotatable bonds is 1. The number of benzene rings is 2. The van der Waals surface area contributed by atoms with Crippen LogP contribution in [0.2, 0.25) is 0 Å². The number of pyridine rings is 1. The highest BCUT2D eigenvalue weighted by Gasteiger charge is 2.33. The molecule has 0 saturated heterocycles. The normalized spacial score (nSPS) is 12.5. The number of ether oxygens (including phenoxy) is 1. The molecule has 0 radical (unpaired) electrons. The second kappa shape index (κ2) is 5.07. The van der Waals surface area contributed by atoms with Crippen LogP contribution in [0.25, 0.3) is 22.0 Å². The quantitative estimate of drug-likeness (QED) is 0.468. The lowest BCUT2D eigenvalue weighted by Crippen LogP contribution is -2.35. The molecule has 2 heterocycles. The molecule has 2 aromatic carbocycles. The highest BCUT2D eigenvalue weighted by molar-refractivity contribution is 6.04. The first-order valence-corrected chi connectivity index (χ1v) is 8.50. The van der Waals surface area contributed by atoms with E-state index in [2.05, 4.69) is 36.6 Å². The summed E-state index contributed by atoms with van der Waals surface area (Å²) in [4.78, 5) is 0. The number of hydrogen-bond donors (Lipinski definition) is 0. The average molecular weight is 329 g/mol. The van der Waals surface area contributed by atoms with Crippen molar-refractivity contribution in [2.45, 2.75) is 33.1 Å².